The molecule has 144 valence electrons. The van der Waals surface area contributed by atoms with Gasteiger partial charge in [0.2, 0.25) is 0 Å². The molecule has 1 heterocycles. The van der Waals surface area contributed by atoms with Crippen molar-refractivity contribution in [2.45, 2.75) is 44.4 Å². The third-order valence-corrected chi connectivity index (χ3v) is 6.49. The van der Waals surface area contributed by atoms with Gasteiger partial charge in [-0.05, 0) is 60.2 Å². The molecule has 0 unspecified atom stereocenters. The van der Waals surface area contributed by atoms with Crippen LogP contribution >= 0.6 is 0 Å². The van der Waals surface area contributed by atoms with Crippen molar-refractivity contribution in [3.63, 3.8) is 0 Å². The first-order chi connectivity index (χ1) is 12.8. The van der Waals surface area contributed by atoms with Gasteiger partial charge in [0.25, 0.3) is 10.0 Å². The van der Waals surface area contributed by atoms with Gasteiger partial charge in [-0.15, -0.1) is 0 Å². The number of rotatable bonds is 6. The summed E-state index contributed by atoms with van der Waals surface area (Å²) in [5.74, 6) is -0.0295. The minimum Gasteiger partial charge on any atom is -0.299 e. The molecular weight excluding hydrogens is 365 g/mol. The minimum absolute atomic E-state index is 0.0676. The second-order valence-electron chi connectivity index (χ2n) is 7.41. The highest BCUT2D eigenvalue weighted by molar-refractivity contribution is 7.92. The molecule has 0 amide bonds. The van der Waals surface area contributed by atoms with Crippen LogP contribution in [0.15, 0.2) is 47.4 Å². The number of hydrogen-bond donors (Lipinski definition) is 0. The molecule has 2 aromatic rings. The van der Waals surface area contributed by atoms with Gasteiger partial charge in [-0.1, -0.05) is 26.0 Å². The van der Waals surface area contributed by atoms with Crippen molar-refractivity contribution in [3.8, 4) is 0 Å². The molecule has 0 aliphatic carbocycles. The van der Waals surface area contributed by atoms with Gasteiger partial charge in [-0.2, -0.15) is 0 Å². The van der Waals surface area contributed by atoms with Gasteiger partial charge in [-0.3, -0.25) is 9.10 Å². The normalized spacial score (nSPS) is 14.3. The third-order valence-electron chi connectivity index (χ3n) is 4.66. The summed E-state index contributed by atoms with van der Waals surface area (Å²) in [4.78, 5) is 12.2. The lowest BCUT2D eigenvalue weighted by atomic mass is 9.97. The first-order valence-corrected chi connectivity index (χ1v) is 10.6. The number of benzene rings is 2. The Morgan fingerprint density at radius 3 is 2.52 bits per heavy atom. The van der Waals surface area contributed by atoms with E-state index in [1.807, 2.05) is 32.0 Å². The fourth-order valence-electron chi connectivity index (χ4n) is 3.44. The summed E-state index contributed by atoms with van der Waals surface area (Å²) in [6, 6.07) is 10.5. The van der Waals surface area contributed by atoms with E-state index in [0.717, 1.165) is 36.1 Å². The fourth-order valence-corrected chi connectivity index (χ4v) is 4.97. The van der Waals surface area contributed by atoms with Crippen molar-refractivity contribution in [3.05, 3.63) is 59.4 Å². The molecule has 1 aliphatic heterocycles. The topological polar surface area (TPSA) is 54.5 Å². The molecule has 2 aromatic carbocycles. The van der Waals surface area contributed by atoms with Crippen LogP contribution in [0.3, 0.4) is 0 Å². The summed E-state index contributed by atoms with van der Waals surface area (Å²) >= 11 is 0. The molecule has 4 nitrogen and oxygen atoms in total. The van der Waals surface area contributed by atoms with Crippen molar-refractivity contribution in [1.82, 2.24) is 0 Å². The number of hydrogen-bond acceptors (Lipinski definition) is 3. The van der Waals surface area contributed by atoms with Gasteiger partial charge in [0.15, 0.2) is 0 Å². The van der Waals surface area contributed by atoms with Crippen LogP contribution < -0.4 is 4.31 Å². The molecule has 0 radical (unpaired) electrons. The summed E-state index contributed by atoms with van der Waals surface area (Å²) in [6.45, 7) is 4.37. The van der Waals surface area contributed by atoms with E-state index < -0.39 is 15.8 Å². The van der Waals surface area contributed by atoms with Crippen molar-refractivity contribution in [1.29, 1.82) is 0 Å². The summed E-state index contributed by atoms with van der Waals surface area (Å²) in [5.41, 5.74) is 2.40. The molecule has 0 aromatic heterocycles. The van der Waals surface area contributed by atoms with Crippen LogP contribution in [0.25, 0.3) is 0 Å². The number of Topliss-reactive ketones (excluding diaryl/α,β-unsaturated/α-hetero) is 1. The Balaban J connectivity index is 1.93. The maximum Gasteiger partial charge on any atom is 0.264 e. The average Bonchev–Trinajstić information content (AvgIpc) is 2.60. The van der Waals surface area contributed by atoms with Crippen LogP contribution in [-0.2, 0) is 27.7 Å². The predicted octanol–water partition coefficient (Wildman–Crippen LogP) is 4.12. The molecule has 27 heavy (non-hydrogen) atoms. The molecule has 1 aliphatic rings. The number of carbonyl (C=O) groups excluding carboxylic acids is 1. The maximum absolute atomic E-state index is 13.2. The average molecular weight is 389 g/mol. The molecule has 6 heteroatoms. The third kappa shape index (κ3) is 4.38. The van der Waals surface area contributed by atoms with Gasteiger partial charge >= 0.3 is 0 Å². The van der Waals surface area contributed by atoms with Crippen molar-refractivity contribution in [2.24, 2.45) is 5.92 Å². The zero-order valence-electron chi connectivity index (χ0n) is 15.6. The first-order valence-electron chi connectivity index (χ1n) is 9.19. The zero-order chi connectivity index (χ0) is 19.6. The Morgan fingerprint density at radius 2 is 1.85 bits per heavy atom. The first kappa shape index (κ1) is 19.5. The van der Waals surface area contributed by atoms with E-state index >= 15 is 0 Å². The van der Waals surface area contributed by atoms with Crippen LogP contribution in [0.5, 0.6) is 0 Å². The van der Waals surface area contributed by atoms with Crippen LogP contribution in [0.4, 0.5) is 10.1 Å². The Morgan fingerprint density at radius 1 is 1.15 bits per heavy atom. The number of anilines is 1. The SMILES string of the molecule is CC(C)CC(=O)Cc1ccc2c(c1)N(S(=O)(=O)c1ccc(F)cc1)CCC2. The lowest BCUT2D eigenvalue weighted by Crippen LogP contribution is -2.35. The molecule has 0 spiro atoms. The van der Waals surface area contributed by atoms with Gasteiger partial charge in [0.1, 0.15) is 11.6 Å². The fraction of sp³-hybridized carbons (Fsp3) is 0.381. The summed E-state index contributed by atoms with van der Waals surface area (Å²) in [6.07, 6.45) is 2.33. The van der Waals surface area contributed by atoms with Crippen molar-refractivity contribution in [2.75, 3.05) is 10.8 Å². The van der Waals surface area contributed by atoms with Gasteiger partial charge in [-0.25, -0.2) is 12.8 Å². The number of ketones is 1. The molecule has 0 atom stereocenters. The van der Waals surface area contributed by atoms with E-state index in [2.05, 4.69) is 0 Å². The van der Waals surface area contributed by atoms with E-state index in [9.17, 15) is 17.6 Å². The van der Waals surface area contributed by atoms with Crippen LogP contribution in [0, 0.1) is 11.7 Å². The number of sulfonamides is 1. The Kier molecular flexibility index (Phi) is 5.65. The summed E-state index contributed by atoms with van der Waals surface area (Å²) < 4.78 is 40.7. The number of carbonyl (C=O) groups is 1. The second kappa shape index (κ2) is 7.80. The van der Waals surface area contributed by atoms with Crippen LogP contribution in [0.1, 0.15) is 37.8 Å². The van der Waals surface area contributed by atoms with Crippen molar-refractivity contribution < 1.29 is 17.6 Å². The second-order valence-corrected chi connectivity index (χ2v) is 9.27. The van der Waals surface area contributed by atoms with E-state index in [1.54, 1.807) is 0 Å². The predicted molar refractivity (Wildman–Crippen MR) is 104 cm³/mol. The molecule has 0 bridgehead atoms. The molecule has 0 saturated heterocycles. The Labute approximate surface area is 160 Å². The van der Waals surface area contributed by atoms with Crippen LogP contribution in [0.2, 0.25) is 0 Å². The van der Waals surface area contributed by atoms with Gasteiger partial charge in [0, 0.05) is 19.4 Å². The Hall–Kier alpha value is -2.21. The maximum atomic E-state index is 13.2. The molecule has 3 rings (SSSR count). The molecule has 0 N–H and O–H groups in total. The summed E-state index contributed by atoms with van der Waals surface area (Å²) in [5, 5.41) is 0. The number of aryl methyl sites for hydroxylation is 1. The quantitative estimate of drug-likeness (QED) is 0.747. The highest BCUT2D eigenvalue weighted by Gasteiger charge is 2.29. The lowest BCUT2D eigenvalue weighted by Gasteiger charge is -2.31. The van der Waals surface area contributed by atoms with E-state index in [-0.39, 0.29) is 10.7 Å². The number of halogens is 1. The van der Waals surface area contributed by atoms with Crippen LogP contribution in [-0.4, -0.2) is 20.7 Å². The smallest absolute Gasteiger partial charge is 0.264 e. The molecule has 0 fully saturated rings. The largest absolute Gasteiger partial charge is 0.299 e. The highest BCUT2D eigenvalue weighted by atomic mass is 32.2. The van der Waals surface area contributed by atoms with E-state index in [4.69, 9.17) is 0 Å². The van der Waals surface area contributed by atoms with Gasteiger partial charge < -0.3 is 0 Å². The standard InChI is InChI=1S/C21H24FNO3S/c1-15(2)12-19(24)13-16-5-6-17-4-3-11-23(21(17)14-16)27(25,26)20-9-7-18(22)8-10-20/h5-10,14-15H,3-4,11-13H2,1-2H3. The minimum atomic E-state index is -3.77. The molecular formula is C21H24FNO3S. The highest BCUT2D eigenvalue weighted by Crippen LogP contribution is 2.33. The van der Waals surface area contributed by atoms with Crippen molar-refractivity contribution >= 4 is 21.5 Å². The monoisotopic (exact) mass is 389 g/mol. The van der Waals surface area contributed by atoms with E-state index in [0.29, 0.717) is 31.0 Å². The zero-order valence-corrected chi connectivity index (χ0v) is 16.4. The van der Waals surface area contributed by atoms with Gasteiger partial charge in [0.05, 0.1) is 10.6 Å². The Bertz CT molecular complexity index is 936. The lowest BCUT2D eigenvalue weighted by molar-refractivity contribution is -0.119. The van der Waals surface area contributed by atoms with E-state index in [1.165, 1.54) is 16.4 Å². The summed E-state index contributed by atoms with van der Waals surface area (Å²) in [7, 11) is -3.77. The number of fused-ring (bicyclic) bond motifs is 1. The number of nitrogens with zero attached hydrogens (tertiary/aromatic N) is 1. The molecule has 0 saturated carbocycles.